The molecule has 0 N–H and O–H groups in total. The largest absolute Gasteiger partial charge is 0.378 e. The van der Waals surface area contributed by atoms with E-state index in [1.807, 2.05) is 0 Å². The topological polar surface area (TPSA) is 21.7 Å². The molecule has 2 aliphatic heterocycles. The maximum absolute atomic E-state index is 6.29. The number of hydrogen-bond acceptors (Lipinski definition) is 3. The van der Waals surface area contributed by atoms with Crippen LogP contribution in [0.4, 0.5) is 0 Å². The Morgan fingerprint density at radius 2 is 1.65 bits per heavy atom. The van der Waals surface area contributed by atoms with Crippen LogP contribution in [-0.2, 0) is 9.47 Å². The van der Waals surface area contributed by atoms with Gasteiger partial charge in [-0.1, -0.05) is 0 Å². The minimum absolute atomic E-state index is 0.00720. The summed E-state index contributed by atoms with van der Waals surface area (Å²) in [6.07, 6.45) is 3.22. The SMILES string of the molecule is CC(C)(C)OC1C2CCC1CN(C1COC1)C2. The van der Waals surface area contributed by atoms with E-state index in [9.17, 15) is 0 Å². The Bertz CT molecular complexity index is 268. The molecule has 3 rings (SSSR count). The summed E-state index contributed by atoms with van der Waals surface area (Å²) in [7, 11) is 0. The molecule has 2 saturated heterocycles. The first kappa shape index (κ1) is 11.9. The third-order valence-electron chi connectivity index (χ3n) is 4.40. The predicted octanol–water partition coefficient (Wildman–Crippen LogP) is 1.91. The predicted molar refractivity (Wildman–Crippen MR) is 67.0 cm³/mol. The van der Waals surface area contributed by atoms with Crippen LogP contribution in [0.2, 0.25) is 0 Å². The van der Waals surface area contributed by atoms with Gasteiger partial charge in [-0.15, -0.1) is 0 Å². The van der Waals surface area contributed by atoms with Crippen LogP contribution in [0.1, 0.15) is 33.6 Å². The van der Waals surface area contributed by atoms with Crippen molar-refractivity contribution in [3.63, 3.8) is 0 Å². The van der Waals surface area contributed by atoms with Gasteiger partial charge in [0.25, 0.3) is 0 Å². The highest BCUT2D eigenvalue weighted by atomic mass is 16.5. The van der Waals surface area contributed by atoms with Crippen molar-refractivity contribution in [2.75, 3.05) is 26.3 Å². The van der Waals surface area contributed by atoms with Gasteiger partial charge in [-0.25, -0.2) is 0 Å². The number of nitrogens with zero attached hydrogens (tertiary/aromatic N) is 1. The molecular weight excluding hydrogens is 214 g/mol. The molecule has 1 saturated carbocycles. The average Bonchev–Trinajstić information content (AvgIpc) is 2.40. The Morgan fingerprint density at radius 1 is 1.06 bits per heavy atom. The van der Waals surface area contributed by atoms with Gasteiger partial charge in [0.2, 0.25) is 0 Å². The molecule has 0 aromatic carbocycles. The molecule has 17 heavy (non-hydrogen) atoms. The molecule has 0 spiro atoms. The van der Waals surface area contributed by atoms with Crippen LogP contribution in [-0.4, -0.2) is 49.0 Å². The first-order valence-electron chi connectivity index (χ1n) is 7.02. The van der Waals surface area contributed by atoms with E-state index in [2.05, 4.69) is 25.7 Å². The summed E-state index contributed by atoms with van der Waals surface area (Å²) in [4.78, 5) is 2.65. The second-order valence-corrected chi connectivity index (χ2v) is 6.94. The zero-order valence-electron chi connectivity index (χ0n) is 11.3. The van der Waals surface area contributed by atoms with E-state index in [4.69, 9.17) is 9.47 Å². The molecule has 0 aromatic heterocycles. The zero-order valence-corrected chi connectivity index (χ0v) is 11.3. The van der Waals surface area contributed by atoms with Crippen molar-refractivity contribution in [1.29, 1.82) is 0 Å². The lowest BCUT2D eigenvalue weighted by Crippen LogP contribution is -2.57. The molecule has 0 radical (unpaired) electrons. The summed E-state index contributed by atoms with van der Waals surface area (Å²) in [6, 6.07) is 0.702. The van der Waals surface area contributed by atoms with Crippen molar-refractivity contribution in [2.45, 2.75) is 51.4 Å². The first-order valence-corrected chi connectivity index (χ1v) is 7.02. The number of fused-ring (bicyclic) bond motifs is 2. The van der Waals surface area contributed by atoms with Crippen LogP contribution in [0.25, 0.3) is 0 Å². The lowest BCUT2D eigenvalue weighted by atomic mass is 9.92. The van der Waals surface area contributed by atoms with Crippen molar-refractivity contribution >= 4 is 0 Å². The summed E-state index contributed by atoms with van der Waals surface area (Å²) < 4.78 is 11.6. The quantitative estimate of drug-likeness (QED) is 0.735. The van der Waals surface area contributed by atoms with Gasteiger partial charge in [-0.3, -0.25) is 4.90 Å². The molecule has 2 atom stereocenters. The second kappa shape index (κ2) is 4.22. The van der Waals surface area contributed by atoms with Gasteiger partial charge in [0, 0.05) is 13.1 Å². The second-order valence-electron chi connectivity index (χ2n) is 6.94. The summed E-state index contributed by atoms with van der Waals surface area (Å²) in [5.41, 5.74) is 0.00720. The molecule has 2 unspecified atom stereocenters. The summed E-state index contributed by atoms with van der Waals surface area (Å²) in [5, 5.41) is 0. The van der Waals surface area contributed by atoms with Gasteiger partial charge in [-0.2, -0.15) is 0 Å². The van der Waals surface area contributed by atoms with Crippen LogP contribution in [0, 0.1) is 11.8 Å². The number of piperidine rings is 1. The van der Waals surface area contributed by atoms with Crippen LogP contribution >= 0.6 is 0 Å². The molecule has 0 aromatic rings. The Labute approximate surface area is 104 Å². The normalized spacial score (nSPS) is 39.4. The van der Waals surface area contributed by atoms with Crippen molar-refractivity contribution in [1.82, 2.24) is 4.90 Å². The van der Waals surface area contributed by atoms with E-state index in [1.165, 1.54) is 25.9 Å². The van der Waals surface area contributed by atoms with Crippen LogP contribution in [0.5, 0.6) is 0 Å². The first-order chi connectivity index (χ1) is 8.03. The fourth-order valence-corrected chi connectivity index (χ4v) is 3.54. The van der Waals surface area contributed by atoms with Crippen molar-refractivity contribution in [3.8, 4) is 0 Å². The monoisotopic (exact) mass is 239 g/mol. The van der Waals surface area contributed by atoms with Gasteiger partial charge in [-0.05, 0) is 45.4 Å². The summed E-state index contributed by atoms with van der Waals surface area (Å²) in [6.45, 7) is 10.9. The molecule has 2 bridgehead atoms. The van der Waals surface area contributed by atoms with E-state index in [1.54, 1.807) is 0 Å². The number of rotatable bonds is 2. The van der Waals surface area contributed by atoms with Crippen molar-refractivity contribution in [3.05, 3.63) is 0 Å². The van der Waals surface area contributed by atoms with E-state index in [0.717, 1.165) is 25.0 Å². The smallest absolute Gasteiger partial charge is 0.0662 e. The Morgan fingerprint density at radius 3 is 2.06 bits per heavy atom. The fraction of sp³-hybridized carbons (Fsp3) is 1.00. The van der Waals surface area contributed by atoms with Gasteiger partial charge in [0.15, 0.2) is 0 Å². The van der Waals surface area contributed by atoms with Gasteiger partial charge in [0.1, 0.15) is 0 Å². The molecule has 3 aliphatic rings. The van der Waals surface area contributed by atoms with Crippen LogP contribution in [0.3, 0.4) is 0 Å². The van der Waals surface area contributed by atoms with Crippen molar-refractivity contribution in [2.24, 2.45) is 11.8 Å². The highest BCUT2D eigenvalue weighted by Gasteiger charge is 2.46. The van der Waals surface area contributed by atoms with E-state index in [0.29, 0.717) is 12.1 Å². The van der Waals surface area contributed by atoms with Gasteiger partial charge in [0.05, 0.1) is 31.0 Å². The average molecular weight is 239 g/mol. The zero-order chi connectivity index (χ0) is 12.0. The summed E-state index contributed by atoms with van der Waals surface area (Å²) >= 11 is 0. The van der Waals surface area contributed by atoms with E-state index in [-0.39, 0.29) is 5.60 Å². The highest BCUT2D eigenvalue weighted by Crippen LogP contribution is 2.41. The fourth-order valence-electron chi connectivity index (χ4n) is 3.54. The molecule has 98 valence electrons. The number of hydrogen-bond donors (Lipinski definition) is 0. The highest BCUT2D eigenvalue weighted by molar-refractivity contribution is 4.97. The summed E-state index contributed by atoms with van der Waals surface area (Å²) in [5.74, 6) is 1.52. The molecule has 3 fully saturated rings. The lowest BCUT2D eigenvalue weighted by molar-refractivity contribution is -0.141. The Balaban J connectivity index is 1.63. The van der Waals surface area contributed by atoms with Crippen LogP contribution in [0.15, 0.2) is 0 Å². The Kier molecular flexibility index (Phi) is 2.96. The van der Waals surface area contributed by atoms with Crippen molar-refractivity contribution < 1.29 is 9.47 Å². The molecule has 3 nitrogen and oxygen atoms in total. The minimum Gasteiger partial charge on any atom is -0.378 e. The maximum atomic E-state index is 6.29. The molecular formula is C14H25NO2. The van der Waals surface area contributed by atoms with E-state index >= 15 is 0 Å². The minimum atomic E-state index is 0.00720. The molecule has 2 heterocycles. The standard InChI is InChI=1S/C14H25NO2/c1-14(2,3)17-13-10-4-5-11(13)7-15(6-10)12-8-16-9-12/h10-13H,4-9H2,1-3H3. The molecule has 3 heteroatoms. The lowest BCUT2D eigenvalue weighted by Gasteiger charge is -2.46. The third-order valence-corrected chi connectivity index (χ3v) is 4.40. The van der Waals surface area contributed by atoms with Crippen LogP contribution < -0.4 is 0 Å². The maximum Gasteiger partial charge on any atom is 0.0662 e. The molecule has 1 aliphatic carbocycles. The number of ether oxygens (including phenoxy) is 2. The third kappa shape index (κ3) is 2.38. The van der Waals surface area contributed by atoms with Gasteiger partial charge < -0.3 is 9.47 Å². The number of likely N-dealkylation sites (tertiary alicyclic amines) is 1. The molecule has 0 amide bonds. The van der Waals surface area contributed by atoms with Gasteiger partial charge >= 0.3 is 0 Å². The Hall–Kier alpha value is -0.120. The van der Waals surface area contributed by atoms with E-state index < -0.39 is 0 Å².